The van der Waals surface area contributed by atoms with Crippen LogP contribution in [0.3, 0.4) is 0 Å². The van der Waals surface area contributed by atoms with E-state index in [0.717, 1.165) is 17.8 Å². The van der Waals surface area contributed by atoms with Gasteiger partial charge >= 0.3 is 0 Å². The first kappa shape index (κ1) is 19.1. The van der Waals surface area contributed by atoms with Gasteiger partial charge in [0.2, 0.25) is 0 Å². The number of carbonyl (C=O) groups is 2. The minimum Gasteiger partial charge on any atom is -0.346 e. The van der Waals surface area contributed by atoms with Crippen LogP contribution in [0, 0.1) is 12.8 Å². The summed E-state index contributed by atoms with van der Waals surface area (Å²) >= 11 is 0. The summed E-state index contributed by atoms with van der Waals surface area (Å²) < 4.78 is 3.40. The Bertz CT molecular complexity index is 852. The molecule has 0 saturated heterocycles. The molecule has 1 aliphatic rings. The lowest BCUT2D eigenvalue weighted by molar-refractivity contribution is 0.0735. The molecule has 0 aromatic carbocycles. The standard InChI is InChI=1S/C18H27N7O2/c1-6-23(8-13-9-24(7-2)21-12(13)5)18(27)15-16-17(26)19-14(11(3)4)10-25(16)22-20-15/h9,11,14H,6-8,10H2,1-5H3,(H,19,26)/t14-/m1/s1. The van der Waals surface area contributed by atoms with Crippen LogP contribution in [0.1, 0.15) is 59.9 Å². The van der Waals surface area contributed by atoms with Crippen molar-refractivity contribution in [1.29, 1.82) is 0 Å². The highest BCUT2D eigenvalue weighted by atomic mass is 16.2. The summed E-state index contributed by atoms with van der Waals surface area (Å²) in [5.41, 5.74) is 2.23. The molecule has 9 heteroatoms. The number of fused-ring (bicyclic) bond motifs is 1. The first-order chi connectivity index (χ1) is 12.8. The van der Waals surface area contributed by atoms with E-state index in [1.54, 1.807) is 9.58 Å². The number of aromatic nitrogens is 5. The number of hydrogen-bond acceptors (Lipinski definition) is 5. The van der Waals surface area contributed by atoms with Crippen LogP contribution in [-0.4, -0.2) is 54.1 Å². The molecule has 3 heterocycles. The van der Waals surface area contributed by atoms with E-state index in [9.17, 15) is 9.59 Å². The van der Waals surface area contributed by atoms with Gasteiger partial charge < -0.3 is 10.2 Å². The van der Waals surface area contributed by atoms with E-state index in [1.807, 2.05) is 45.5 Å². The van der Waals surface area contributed by atoms with Gasteiger partial charge in [-0.05, 0) is 26.7 Å². The van der Waals surface area contributed by atoms with E-state index < -0.39 is 0 Å². The zero-order chi connectivity index (χ0) is 19.7. The van der Waals surface area contributed by atoms with Crippen molar-refractivity contribution in [3.8, 4) is 0 Å². The number of nitrogens with one attached hydrogen (secondary N) is 1. The molecule has 0 saturated carbocycles. The molecule has 0 aliphatic carbocycles. The molecule has 0 spiro atoms. The van der Waals surface area contributed by atoms with Crippen LogP contribution >= 0.6 is 0 Å². The monoisotopic (exact) mass is 373 g/mol. The summed E-state index contributed by atoms with van der Waals surface area (Å²) in [6, 6.07) is -0.0144. The van der Waals surface area contributed by atoms with Gasteiger partial charge in [0.05, 0.1) is 18.3 Å². The van der Waals surface area contributed by atoms with E-state index in [4.69, 9.17) is 0 Å². The summed E-state index contributed by atoms with van der Waals surface area (Å²) in [5.74, 6) is -0.310. The summed E-state index contributed by atoms with van der Waals surface area (Å²) in [6.07, 6.45) is 1.95. The van der Waals surface area contributed by atoms with Crippen LogP contribution < -0.4 is 5.32 Å². The fourth-order valence-electron chi connectivity index (χ4n) is 3.21. The summed E-state index contributed by atoms with van der Waals surface area (Å²) in [6.45, 7) is 12.1. The van der Waals surface area contributed by atoms with Gasteiger partial charge in [-0.3, -0.25) is 14.3 Å². The summed E-state index contributed by atoms with van der Waals surface area (Å²) in [4.78, 5) is 27.3. The van der Waals surface area contributed by atoms with Crippen LogP contribution in [-0.2, 0) is 19.6 Å². The number of nitrogens with zero attached hydrogens (tertiary/aromatic N) is 6. The minimum absolute atomic E-state index is 0.0144. The van der Waals surface area contributed by atoms with Gasteiger partial charge in [-0.1, -0.05) is 19.1 Å². The molecule has 2 amide bonds. The second-order valence-electron chi connectivity index (χ2n) is 7.21. The Kier molecular flexibility index (Phi) is 5.29. The third-order valence-corrected chi connectivity index (χ3v) is 5.05. The number of hydrogen-bond donors (Lipinski definition) is 1. The quantitative estimate of drug-likeness (QED) is 0.821. The Hall–Kier alpha value is -2.71. The van der Waals surface area contributed by atoms with Gasteiger partial charge in [-0.25, -0.2) is 4.68 Å². The van der Waals surface area contributed by atoms with Gasteiger partial charge in [0.25, 0.3) is 11.8 Å². The second kappa shape index (κ2) is 7.50. The molecule has 3 rings (SSSR count). The third kappa shape index (κ3) is 3.58. The van der Waals surface area contributed by atoms with Crippen LogP contribution in [0.2, 0.25) is 0 Å². The second-order valence-corrected chi connectivity index (χ2v) is 7.21. The maximum absolute atomic E-state index is 13.1. The van der Waals surface area contributed by atoms with Crippen molar-refractivity contribution in [2.75, 3.05) is 6.54 Å². The van der Waals surface area contributed by atoms with E-state index in [2.05, 4.69) is 20.7 Å². The van der Waals surface area contributed by atoms with Gasteiger partial charge in [0.1, 0.15) is 0 Å². The highest BCUT2D eigenvalue weighted by molar-refractivity contribution is 6.05. The summed E-state index contributed by atoms with van der Waals surface area (Å²) in [5, 5.41) is 15.5. The van der Waals surface area contributed by atoms with Gasteiger partial charge in [-0.2, -0.15) is 5.10 Å². The molecule has 0 fully saturated rings. The minimum atomic E-state index is -0.292. The normalized spacial score (nSPS) is 16.4. The number of rotatable bonds is 6. The fraction of sp³-hybridized carbons (Fsp3) is 0.611. The highest BCUT2D eigenvalue weighted by Gasteiger charge is 2.34. The number of carbonyl (C=O) groups excluding carboxylic acids is 2. The van der Waals surface area contributed by atoms with Crippen LogP contribution in [0.15, 0.2) is 6.20 Å². The molecular formula is C18H27N7O2. The van der Waals surface area contributed by atoms with Crippen LogP contribution in [0.4, 0.5) is 0 Å². The average molecular weight is 373 g/mol. The average Bonchev–Trinajstić information content (AvgIpc) is 3.22. The molecule has 0 bridgehead atoms. The zero-order valence-electron chi connectivity index (χ0n) is 16.6. The van der Waals surface area contributed by atoms with E-state index in [-0.39, 0.29) is 35.2 Å². The molecule has 1 atom stereocenters. The highest BCUT2D eigenvalue weighted by Crippen LogP contribution is 2.18. The topological polar surface area (TPSA) is 97.9 Å². The summed E-state index contributed by atoms with van der Waals surface area (Å²) in [7, 11) is 0. The Balaban J connectivity index is 1.85. The van der Waals surface area contributed by atoms with Crippen molar-refractivity contribution >= 4 is 11.8 Å². The molecular weight excluding hydrogens is 346 g/mol. The lowest BCUT2D eigenvalue weighted by atomic mass is 10.0. The fourth-order valence-corrected chi connectivity index (χ4v) is 3.21. The van der Waals surface area contributed by atoms with Crippen molar-refractivity contribution in [1.82, 2.24) is 35.0 Å². The Morgan fingerprint density at radius 2 is 2.15 bits per heavy atom. The lowest BCUT2D eigenvalue weighted by Gasteiger charge is -2.27. The molecule has 2 aromatic rings. The van der Waals surface area contributed by atoms with Crippen molar-refractivity contribution in [3.05, 3.63) is 28.8 Å². The van der Waals surface area contributed by atoms with E-state index >= 15 is 0 Å². The molecule has 9 nitrogen and oxygen atoms in total. The smallest absolute Gasteiger partial charge is 0.277 e. The molecule has 1 N–H and O–H groups in total. The Morgan fingerprint density at radius 3 is 2.74 bits per heavy atom. The maximum Gasteiger partial charge on any atom is 0.277 e. The molecule has 146 valence electrons. The van der Waals surface area contributed by atoms with Gasteiger partial charge in [-0.15, -0.1) is 5.10 Å². The van der Waals surface area contributed by atoms with Gasteiger partial charge in [0.15, 0.2) is 11.4 Å². The Labute approximate surface area is 158 Å². The molecule has 1 aliphatic heterocycles. The lowest BCUT2D eigenvalue weighted by Crippen LogP contribution is -2.48. The predicted octanol–water partition coefficient (Wildman–Crippen LogP) is 1.23. The first-order valence-electron chi connectivity index (χ1n) is 9.42. The van der Waals surface area contributed by atoms with E-state index in [0.29, 0.717) is 19.6 Å². The third-order valence-electron chi connectivity index (χ3n) is 5.05. The molecule has 0 radical (unpaired) electrons. The van der Waals surface area contributed by atoms with E-state index in [1.165, 1.54) is 0 Å². The molecule has 0 unspecified atom stereocenters. The van der Waals surface area contributed by atoms with Crippen LogP contribution in [0.5, 0.6) is 0 Å². The first-order valence-corrected chi connectivity index (χ1v) is 9.42. The largest absolute Gasteiger partial charge is 0.346 e. The molecule has 27 heavy (non-hydrogen) atoms. The van der Waals surface area contributed by atoms with Crippen molar-refractivity contribution in [2.24, 2.45) is 5.92 Å². The Morgan fingerprint density at radius 1 is 1.41 bits per heavy atom. The van der Waals surface area contributed by atoms with Crippen molar-refractivity contribution in [2.45, 2.75) is 60.3 Å². The maximum atomic E-state index is 13.1. The SMILES string of the molecule is CCN(Cc1cn(CC)nc1C)C(=O)c1nnn2c1C(=O)N[C@@H](C(C)C)C2. The predicted molar refractivity (Wildman–Crippen MR) is 99.2 cm³/mol. The van der Waals surface area contributed by atoms with Gasteiger partial charge in [0, 0.05) is 31.4 Å². The van der Waals surface area contributed by atoms with Crippen molar-refractivity contribution in [3.63, 3.8) is 0 Å². The number of aryl methyl sites for hydroxylation is 2. The molecule has 2 aromatic heterocycles. The number of amides is 2. The van der Waals surface area contributed by atoms with Crippen molar-refractivity contribution < 1.29 is 9.59 Å². The van der Waals surface area contributed by atoms with Crippen LogP contribution in [0.25, 0.3) is 0 Å². The zero-order valence-corrected chi connectivity index (χ0v) is 16.6.